The second-order valence-corrected chi connectivity index (χ2v) is 3.36. The van der Waals surface area contributed by atoms with E-state index < -0.39 is 6.85 Å². The third kappa shape index (κ3) is 1.20. The van der Waals surface area contributed by atoms with Crippen LogP contribution in [-0.4, -0.2) is 6.54 Å². The monoisotopic (exact) mass is 164 g/mol. The minimum absolute atomic E-state index is 0.461. The molecule has 0 saturated heterocycles. The zero-order valence-corrected chi connectivity index (χ0v) is 7.28. The van der Waals surface area contributed by atoms with Gasteiger partial charge >= 0.3 is 0 Å². The summed E-state index contributed by atoms with van der Waals surface area (Å²) in [7, 11) is 0. The van der Waals surface area contributed by atoms with Crippen LogP contribution in [-0.2, 0) is 6.42 Å². The van der Waals surface area contributed by atoms with E-state index in [2.05, 4.69) is 5.32 Å². The summed E-state index contributed by atoms with van der Waals surface area (Å²) in [6, 6.07) is 3.59. The van der Waals surface area contributed by atoms with Gasteiger partial charge in [-0.25, -0.2) is 0 Å². The largest absolute Gasteiger partial charge is 0.385 e. The molecule has 1 heteroatoms. The molecule has 0 aromatic heterocycles. The Kier molecular flexibility index (Phi) is 1.15. The van der Waals surface area contributed by atoms with E-state index in [1.807, 2.05) is 13.0 Å². The average Bonchev–Trinajstić information content (AvgIpc) is 2.16. The zero-order chi connectivity index (χ0) is 11.1. The van der Waals surface area contributed by atoms with Crippen LogP contribution in [0.15, 0.2) is 12.1 Å². The molecule has 0 radical (unpaired) electrons. The van der Waals surface area contributed by atoms with Gasteiger partial charge in [0, 0.05) is 16.3 Å². The van der Waals surface area contributed by atoms with Gasteiger partial charge in [-0.2, -0.15) is 0 Å². The Morgan fingerprint density at radius 1 is 1.50 bits per heavy atom. The summed E-state index contributed by atoms with van der Waals surface area (Å²) in [5.41, 5.74) is 3.78. The van der Waals surface area contributed by atoms with Crippen LogP contribution in [0.4, 0.5) is 5.69 Å². The van der Waals surface area contributed by atoms with Crippen molar-refractivity contribution in [2.75, 3.05) is 11.9 Å². The predicted molar refractivity (Wildman–Crippen MR) is 52.7 cm³/mol. The number of hydrogen-bond donors (Lipinski definition) is 1. The molecule has 1 aromatic carbocycles. The summed E-state index contributed by atoms with van der Waals surface area (Å²) < 4.78 is 22.2. The molecule has 1 aliphatic heterocycles. The Balaban J connectivity index is 2.50. The van der Waals surface area contributed by atoms with Gasteiger partial charge in [0.1, 0.15) is 0 Å². The minimum Gasteiger partial charge on any atom is -0.385 e. The van der Waals surface area contributed by atoms with Gasteiger partial charge in [-0.15, -0.1) is 0 Å². The number of aryl methyl sites for hydroxylation is 3. The fourth-order valence-corrected chi connectivity index (χ4v) is 1.80. The molecule has 1 aromatic rings. The van der Waals surface area contributed by atoms with Crippen molar-refractivity contribution in [2.45, 2.75) is 26.6 Å². The van der Waals surface area contributed by atoms with Crippen LogP contribution in [0.2, 0.25) is 0 Å². The standard InChI is InChI=1S/C11H15N/c1-8-6-9(2)11-10(7-8)4-3-5-12-11/h6-7,12H,3-5H2,1-2H3/i1D3. The first-order chi connectivity index (χ1) is 6.98. The van der Waals surface area contributed by atoms with E-state index in [1.165, 1.54) is 0 Å². The van der Waals surface area contributed by atoms with Crippen molar-refractivity contribution in [2.24, 2.45) is 0 Å². The Labute approximate surface area is 78.0 Å². The summed E-state index contributed by atoms with van der Waals surface area (Å²) >= 11 is 0. The van der Waals surface area contributed by atoms with E-state index in [-0.39, 0.29) is 0 Å². The molecule has 1 nitrogen and oxygen atoms in total. The van der Waals surface area contributed by atoms with Gasteiger partial charge in [-0.3, -0.25) is 0 Å². The van der Waals surface area contributed by atoms with Crippen LogP contribution in [0.25, 0.3) is 0 Å². The second kappa shape index (κ2) is 2.81. The number of anilines is 1. The molecule has 64 valence electrons. The lowest BCUT2D eigenvalue weighted by Gasteiger charge is -2.20. The lowest BCUT2D eigenvalue weighted by molar-refractivity contribution is 0.826. The molecule has 0 atom stereocenters. The van der Waals surface area contributed by atoms with Gasteiger partial charge in [0.2, 0.25) is 0 Å². The summed E-state index contributed by atoms with van der Waals surface area (Å²) in [5.74, 6) is 0. The smallest absolute Gasteiger partial charge is 0.0402 e. The number of hydrogen-bond acceptors (Lipinski definition) is 1. The molecular formula is C11H15N. The van der Waals surface area contributed by atoms with Gasteiger partial charge in [-0.05, 0) is 37.7 Å². The molecule has 12 heavy (non-hydrogen) atoms. The SMILES string of the molecule is [2H]C([2H])([2H])c1cc(C)c2c(c1)CCCN2. The molecule has 0 bridgehead atoms. The Hall–Kier alpha value is -0.980. The Morgan fingerprint density at radius 2 is 2.42 bits per heavy atom. The van der Waals surface area contributed by atoms with Crippen molar-refractivity contribution in [3.63, 3.8) is 0 Å². The molecule has 1 N–H and O–H groups in total. The van der Waals surface area contributed by atoms with Gasteiger partial charge in [-0.1, -0.05) is 17.7 Å². The third-order valence-corrected chi connectivity index (χ3v) is 2.34. The van der Waals surface area contributed by atoms with Crippen molar-refractivity contribution < 1.29 is 4.11 Å². The van der Waals surface area contributed by atoms with Crippen LogP contribution in [0.1, 0.15) is 27.2 Å². The van der Waals surface area contributed by atoms with E-state index in [0.29, 0.717) is 5.56 Å². The molecule has 0 saturated carbocycles. The molecule has 1 heterocycles. The van der Waals surface area contributed by atoms with Crippen LogP contribution in [0, 0.1) is 13.8 Å². The normalized spacial score (nSPS) is 19.9. The molecule has 0 spiro atoms. The van der Waals surface area contributed by atoms with Crippen LogP contribution < -0.4 is 5.32 Å². The molecule has 0 fully saturated rings. The highest BCUT2D eigenvalue weighted by molar-refractivity contribution is 5.59. The van der Waals surface area contributed by atoms with Crippen molar-refractivity contribution in [3.05, 3.63) is 28.8 Å². The van der Waals surface area contributed by atoms with E-state index >= 15 is 0 Å². The number of rotatable bonds is 0. The quantitative estimate of drug-likeness (QED) is 0.621. The van der Waals surface area contributed by atoms with Gasteiger partial charge in [0.25, 0.3) is 0 Å². The summed E-state index contributed by atoms with van der Waals surface area (Å²) in [5, 5.41) is 3.33. The molecular weight excluding hydrogens is 146 g/mol. The van der Waals surface area contributed by atoms with Crippen LogP contribution >= 0.6 is 0 Å². The highest BCUT2D eigenvalue weighted by atomic mass is 14.9. The number of fused-ring (bicyclic) bond motifs is 1. The number of benzene rings is 1. The van der Waals surface area contributed by atoms with E-state index in [9.17, 15) is 0 Å². The summed E-state index contributed by atoms with van der Waals surface area (Å²) in [4.78, 5) is 0. The first-order valence-corrected chi connectivity index (χ1v) is 4.36. The number of nitrogens with one attached hydrogen (secondary N) is 1. The maximum atomic E-state index is 7.40. The fourth-order valence-electron chi connectivity index (χ4n) is 1.80. The molecule has 2 rings (SSSR count). The van der Waals surface area contributed by atoms with Gasteiger partial charge in [0.15, 0.2) is 0 Å². The molecule has 0 unspecified atom stereocenters. The highest BCUT2D eigenvalue weighted by Gasteiger charge is 2.10. The van der Waals surface area contributed by atoms with E-state index in [1.54, 1.807) is 6.07 Å². The first-order valence-electron chi connectivity index (χ1n) is 5.86. The Morgan fingerprint density at radius 3 is 3.25 bits per heavy atom. The van der Waals surface area contributed by atoms with Gasteiger partial charge in [0.05, 0.1) is 0 Å². The van der Waals surface area contributed by atoms with E-state index in [0.717, 1.165) is 36.2 Å². The first kappa shape index (κ1) is 4.90. The van der Waals surface area contributed by atoms with Crippen molar-refractivity contribution in [1.29, 1.82) is 0 Å². The summed E-state index contributed by atoms with van der Waals surface area (Å²) in [6.45, 7) is 0.963. The lowest BCUT2D eigenvalue weighted by Crippen LogP contribution is -2.13. The fraction of sp³-hybridized carbons (Fsp3) is 0.455. The average molecular weight is 164 g/mol. The van der Waals surface area contributed by atoms with Gasteiger partial charge < -0.3 is 5.32 Å². The topological polar surface area (TPSA) is 12.0 Å². The lowest BCUT2D eigenvalue weighted by atomic mass is 9.98. The van der Waals surface area contributed by atoms with E-state index in [4.69, 9.17) is 4.11 Å². The Bertz CT molecular complexity index is 382. The van der Waals surface area contributed by atoms with Crippen molar-refractivity contribution in [1.82, 2.24) is 0 Å². The molecule has 1 aliphatic rings. The molecule has 0 aliphatic carbocycles. The maximum Gasteiger partial charge on any atom is 0.0402 e. The maximum absolute atomic E-state index is 7.40. The van der Waals surface area contributed by atoms with Crippen LogP contribution in [0.3, 0.4) is 0 Å². The minimum atomic E-state index is -1.99. The van der Waals surface area contributed by atoms with Crippen molar-refractivity contribution in [3.8, 4) is 0 Å². The highest BCUT2D eigenvalue weighted by Crippen LogP contribution is 2.26. The van der Waals surface area contributed by atoms with Crippen LogP contribution in [0.5, 0.6) is 0 Å². The second-order valence-electron chi connectivity index (χ2n) is 3.36. The molecule has 0 amide bonds. The predicted octanol–water partition coefficient (Wildman–Crippen LogP) is 2.66. The summed E-state index contributed by atoms with van der Waals surface area (Å²) in [6.07, 6.45) is 2.06. The zero-order valence-electron chi connectivity index (χ0n) is 10.3. The third-order valence-electron chi connectivity index (χ3n) is 2.34. The van der Waals surface area contributed by atoms with Crippen molar-refractivity contribution >= 4 is 5.69 Å².